The quantitative estimate of drug-likeness (QED) is 0.426. The van der Waals surface area contributed by atoms with Gasteiger partial charge >= 0.3 is 0 Å². The molecule has 0 aromatic heterocycles. The molecule has 0 fully saturated rings. The molecular formula is C11H9Cl3O. The number of carbonyl (C=O) groups excluding carboxylic acids is 1. The van der Waals surface area contributed by atoms with Crippen LogP contribution >= 0.6 is 34.8 Å². The van der Waals surface area contributed by atoms with Crippen LogP contribution in [0.5, 0.6) is 0 Å². The van der Waals surface area contributed by atoms with E-state index in [1.165, 1.54) is 18.2 Å². The van der Waals surface area contributed by atoms with Crippen molar-refractivity contribution in [3.05, 3.63) is 44.4 Å². The Morgan fingerprint density at radius 2 is 1.80 bits per heavy atom. The lowest BCUT2D eigenvalue weighted by molar-refractivity contribution is 0.104. The van der Waals surface area contributed by atoms with Crippen molar-refractivity contribution in [2.45, 2.75) is 13.8 Å². The van der Waals surface area contributed by atoms with E-state index >= 15 is 0 Å². The first kappa shape index (κ1) is 12.6. The van der Waals surface area contributed by atoms with E-state index in [-0.39, 0.29) is 15.8 Å². The second-order valence-corrected chi connectivity index (χ2v) is 4.56. The van der Waals surface area contributed by atoms with Crippen molar-refractivity contribution in [2.75, 3.05) is 0 Å². The van der Waals surface area contributed by atoms with Gasteiger partial charge in [-0.3, -0.25) is 4.79 Å². The third kappa shape index (κ3) is 3.23. The Kier molecular flexibility index (Phi) is 4.21. The average molecular weight is 264 g/mol. The molecule has 80 valence electrons. The maximum atomic E-state index is 11.7. The van der Waals surface area contributed by atoms with Gasteiger partial charge in [0.25, 0.3) is 0 Å². The maximum Gasteiger partial charge on any atom is 0.187 e. The minimum atomic E-state index is -0.190. The second kappa shape index (κ2) is 5.02. The first-order valence-corrected chi connectivity index (χ1v) is 5.39. The van der Waals surface area contributed by atoms with Gasteiger partial charge in [0.05, 0.1) is 10.0 Å². The van der Waals surface area contributed by atoms with Crippen LogP contribution in [0.25, 0.3) is 0 Å². The molecule has 1 aromatic carbocycles. The summed E-state index contributed by atoms with van der Waals surface area (Å²) in [5.41, 5.74) is 1.22. The fourth-order valence-corrected chi connectivity index (χ4v) is 1.77. The average Bonchev–Trinajstić information content (AvgIpc) is 2.09. The van der Waals surface area contributed by atoms with E-state index in [0.717, 1.165) is 5.57 Å². The van der Waals surface area contributed by atoms with Gasteiger partial charge in [0.2, 0.25) is 0 Å². The van der Waals surface area contributed by atoms with Crippen LogP contribution in [0.3, 0.4) is 0 Å². The number of hydrogen-bond donors (Lipinski definition) is 0. The first-order chi connectivity index (χ1) is 6.91. The maximum absolute atomic E-state index is 11.7. The highest BCUT2D eigenvalue weighted by atomic mass is 35.5. The van der Waals surface area contributed by atoms with Crippen LogP contribution in [0.15, 0.2) is 23.8 Å². The number of halogens is 3. The van der Waals surface area contributed by atoms with E-state index in [2.05, 4.69) is 0 Å². The number of rotatable bonds is 2. The molecule has 0 spiro atoms. The molecule has 0 aliphatic carbocycles. The highest BCUT2D eigenvalue weighted by Gasteiger charge is 2.12. The van der Waals surface area contributed by atoms with E-state index in [4.69, 9.17) is 34.8 Å². The Morgan fingerprint density at radius 1 is 1.20 bits per heavy atom. The summed E-state index contributed by atoms with van der Waals surface area (Å²) in [6.07, 6.45) is 1.49. The van der Waals surface area contributed by atoms with E-state index in [0.29, 0.717) is 10.6 Å². The van der Waals surface area contributed by atoms with Crippen LogP contribution in [0.1, 0.15) is 24.2 Å². The van der Waals surface area contributed by atoms with Crippen LogP contribution in [0.4, 0.5) is 0 Å². The Bertz CT molecular complexity index is 432. The van der Waals surface area contributed by atoms with Crippen LogP contribution in [0, 0.1) is 0 Å². The molecule has 0 radical (unpaired) electrons. The van der Waals surface area contributed by atoms with Gasteiger partial charge in [-0.15, -0.1) is 0 Å². The van der Waals surface area contributed by atoms with Gasteiger partial charge in [0.15, 0.2) is 5.78 Å². The monoisotopic (exact) mass is 262 g/mol. The number of carbonyl (C=O) groups is 1. The van der Waals surface area contributed by atoms with E-state index in [1.807, 2.05) is 13.8 Å². The van der Waals surface area contributed by atoms with E-state index in [1.54, 1.807) is 0 Å². The van der Waals surface area contributed by atoms with Crippen LogP contribution in [-0.2, 0) is 0 Å². The lowest BCUT2D eigenvalue weighted by Gasteiger charge is -2.03. The molecule has 0 unspecified atom stereocenters. The minimum Gasteiger partial charge on any atom is -0.289 e. The number of hydrogen-bond acceptors (Lipinski definition) is 1. The van der Waals surface area contributed by atoms with Crippen molar-refractivity contribution in [1.29, 1.82) is 0 Å². The number of allylic oxidation sites excluding steroid dienone is 2. The van der Waals surface area contributed by atoms with Crippen LogP contribution < -0.4 is 0 Å². The summed E-state index contributed by atoms with van der Waals surface area (Å²) in [6.45, 7) is 3.66. The largest absolute Gasteiger partial charge is 0.289 e. The Balaban J connectivity index is 3.26. The number of ketones is 1. The fourth-order valence-electron chi connectivity index (χ4n) is 1.08. The number of benzene rings is 1. The molecule has 0 N–H and O–H groups in total. The van der Waals surface area contributed by atoms with Gasteiger partial charge in [-0.2, -0.15) is 0 Å². The van der Waals surface area contributed by atoms with Crippen LogP contribution in [0.2, 0.25) is 15.1 Å². The Hall–Kier alpha value is -0.500. The Labute approximate surface area is 104 Å². The van der Waals surface area contributed by atoms with Crippen molar-refractivity contribution in [3.8, 4) is 0 Å². The summed E-state index contributed by atoms with van der Waals surface area (Å²) in [5, 5.41) is 0.924. The zero-order chi connectivity index (χ0) is 11.6. The standard InChI is InChI=1S/C11H9Cl3O/c1-6(2)3-10(15)8-4-7(12)5-9(13)11(8)14/h3-5H,1-2H3. The van der Waals surface area contributed by atoms with Crippen molar-refractivity contribution in [1.82, 2.24) is 0 Å². The predicted octanol–water partition coefficient (Wildman–Crippen LogP) is 4.80. The lowest BCUT2D eigenvalue weighted by Crippen LogP contribution is -1.97. The molecule has 0 saturated heterocycles. The summed E-state index contributed by atoms with van der Waals surface area (Å²) in [4.78, 5) is 11.7. The summed E-state index contributed by atoms with van der Waals surface area (Å²) in [5.74, 6) is -0.190. The smallest absolute Gasteiger partial charge is 0.187 e. The molecule has 0 amide bonds. The van der Waals surface area contributed by atoms with Crippen LogP contribution in [-0.4, -0.2) is 5.78 Å². The van der Waals surface area contributed by atoms with E-state index in [9.17, 15) is 4.79 Å². The normalized spacial score (nSPS) is 9.93. The SMILES string of the molecule is CC(C)=CC(=O)c1cc(Cl)cc(Cl)c1Cl. The fraction of sp³-hybridized carbons (Fsp3) is 0.182. The summed E-state index contributed by atoms with van der Waals surface area (Å²) < 4.78 is 0. The van der Waals surface area contributed by atoms with Gasteiger partial charge in [-0.25, -0.2) is 0 Å². The van der Waals surface area contributed by atoms with Gasteiger partial charge in [0.1, 0.15) is 0 Å². The molecule has 0 saturated carbocycles. The predicted molar refractivity (Wildman–Crippen MR) is 65.2 cm³/mol. The molecule has 1 aromatic rings. The zero-order valence-corrected chi connectivity index (χ0v) is 10.5. The zero-order valence-electron chi connectivity index (χ0n) is 8.27. The third-order valence-electron chi connectivity index (χ3n) is 1.68. The summed E-state index contributed by atoms with van der Waals surface area (Å²) >= 11 is 17.5. The first-order valence-electron chi connectivity index (χ1n) is 4.25. The molecular weight excluding hydrogens is 254 g/mol. The van der Waals surface area contributed by atoms with Gasteiger partial charge in [0, 0.05) is 10.6 Å². The van der Waals surface area contributed by atoms with Crippen molar-refractivity contribution in [2.24, 2.45) is 0 Å². The second-order valence-electron chi connectivity index (χ2n) is 3.34. The highest BCUT2D eigenvalue weighted by Crippen LogP contribution is 2.30. The molecule has 0 aliphatic rings. The van der Waals surface area contributed by atoms with Gasteiger partial charge in [-0.05, 0) is 32.1 Å². The molecule has 1 rings (SSSR count). The summed E-state index contributed by atoms with van der Waals surface area (Å²) in [6, 6.07) is 3.02. The van der Waals surface area contributed by atoms with Crippen molar-refractivity contribution < 1.29 is 4.79 Å². The molecule has 15 heavy (non-hydrogen) atoms. The van der Waals surface area contributed by atoms with Crippen molar-refractivity contribution in [3.63, 3.8) is 0 Å². The van der Waals surface area contributed by atoms with Gasteiger partial charge < -0.3 is 0 Å². The van der Waals surface area contributed by atoms with Gasteiger partial charge in [-0.1, -0.05) is 40.4 Å². The topological polar surface area (TPSA) is 17.1 Å². The highest BCUT2D eigenvalue weighted by molar-refractivity contribution is 6.45. The summed E-state index contributed by atoms with van der Waals surface area (Å²) in [7, 11) is 0. The van der Waals surface area contributed by atoms with E-state index < -0.39 is 0 Å². The molecule has 0 bridgehead atoms. The van der Waals surface area contributed by atoms with Crippen molar-refractivity contribution >= 4 is 40.6 Å². The molecule has 0 heterocycles. The minimum absolute atomic E-state index is 0.190. The lowest BCUT2D eigenvalue weighted by atomic mass is 10.1. The molecule has 1 nitrogen and oxygen atoms in total. The molecule has 0 atom stereocenters. The Morgan fingerprint density at radius 3 is 2.33 bits per heavy atom. The molecule has 0 aliphatic heterocycles. The third-order valence-corrected chi connectivity index (χ3v) is 2.70. The molecule has 4 heteroatoms.